The third-order valence-corrected chi connectivity index (χ3v) is 3.22. The van der Waals surface area contributed by atoms with Crippen molar-refractivity contribution in [3.63, 3.8) is 0 Å². The molecule has 0 fully saturated rings. The summed E-state index contributed by atoms with van der Waals surface area (Å²) < 4.78 is 5.82. The molecule has 18 heavy (non-hydrogen) atoms. The van der Waals surface area contributed by atoms with Crippen molar-refractivity contribution in [2.75, 3.05) is 11.9 Å². The van der Waals surface area contributed by atoms with Crippen LogP contribution in [0.5, 0.6) is 5.88 Å². The lowest BCUT2D eigenvalue weighted by Gasteiger charge is -2.25. The highest BCUT2D eigenvalue weighted by atomic mass is 35.5. The maximum Gasteiger partial charge on any atom is 0.235 e. The number of aromatic nitrogens is 1. The first-order chi connectivity index (χ1) is 8.39. The van der Waals surface area contributed by atoms with Crippen LogP contribution in [0.2, 0.25) is 10.0 Å². The van der Waals surface area contributed by atoms with Gasteiger partial charge in [0.2, 0.25) is 5.88 Å². The van der Waals surface area contributed by atoms with Crippen molar-refractivity contribution in [2.24, 2.45) is 0 Å². The van der Waals surface area contributed by atoms with Crippen LogP contribution in [0.4, 0.5) is 5.82 Å². The Morgan fingerprint density at radius 3 is 2.50 bits per heavy atom. The Bertz CT molecular complexity index is 408. The summed E-state index contributed by atoms with van der Waals surface area (Å²) in [6.07, 6.45) is 1.86. The number of ether oxygens (including phenoxy) is 1. The van der Waals surface area contributed by atoms with E-state index in [1.165, 1.54) is 0 Å². The molecule has 0 saturated carbocycles. The first-order valence-electron chi connectivity index (χ1n) is 6.18. The Kier molecular flexibility index (Phi) is 5.54. The topological polar surface area (TPSA) is 34.2 Å². The molecule has 102 valence electrons. The number of halogens is 2. The van der Waals surface area contributed by atoms with E-state index < -0.39 is 0 Å². The minimum absolute atomic E-state index is 0.299. The molecule has 1 aromatic heterocycles. The van der Waals surface area contributed by atoms with Crippen LogP contribution in [-0.4, -0.2) is 17.1 Å². The molecule has 0 spiro atoms. The molecule has 0 unspecified atom stereocenters. The lowest BCUT2D eigenvalue weighted by molar-refractivity contribution is 0.0994. The molecule has 0 aliphatic carbocycles. The Balaban J connectivity index is 2.97. The monoisotopic (exact) mass is 290 g/mol. The number of pyridine rings is 1. The van der Waals surface area contributed by atoms with Gasteiger partial charge in [-0.25, -0.2) is 0 Å². The maximum atomic E-state index is 6.10. The molecule has 5 heteroatoms. The minimum Gasteiger partial charge on any atom is -0.471 e. The quantitative estimate of drug-likeness (QED) is 0.819. The second kappa shape index (κ2) is 6.48. The fourth-order valence-electron chi connectivity index (χ4n) is 1.22. The summed E-state index contributed by atoms with van der Waals surface area (Å²) in [6.45, 7) is 8.94. The lowest BCUT2D eigenvalue weighted by Crippen LogP contribution is -2.27. The van der Waals surface area contributed by atoms with E-state index >= 15 is 0 Å². The molecule has 1 aromatic rings. The molecule has 0 saturated heterocycles. The summed E-state index contributed by atoms with van der Waals surface area (Å²) in [7, 11) is 0. The molecule has 0 aromatic carbocycles. The Labute approximate surface area is 119 Å². The smallest absolute Gasteiger partial charge is 0.235 e. The molecule has 0 radical (unpaired) electrons. The molecule has 3 nitrogen and oxygen atoms in total. The zero-order chi connectivity index (χ0) is 13.8. The Morgan fingerprint density at radius 2 is 1.94 bits per heavy atom. The van der Waals surface area contributed by atoms with E-state index in [1.54, 1.807) is 6.07 Å². The van der Waals surface area contributed by atoms with Gasteiger partial charge in [-0.15, -0.1) is 0 Å². The van der Waals surface area contributed by atoms with Crippen molar-refractivity contribution in [1.82, 2.24) is 4.98 Å². The van der Waals surface area contributed by atoms with Crippen molar-refractivity contribution in [3.8, 4) is 5.88 Å². The van der Waals surface area contributed by atoms with Gasteiger partial charge in [0.1, 0.15) is 16.4 Å². The van der Waals surface area contributed by atoms with Crippen LogP contribution in [0.3, 0.4) is 0 Å². The second-order valence-electron chi connectivity index (χ2n) is 4.75. The van der Waals surface area contributed by atoms with Gasteiger partial charge >= 0.3 is 0 Å². The largest absolute Gasteiger partial charge is 0.471 e. The van der Waals surface area contributed by atoms with E-state index in [4.69, 9.17) is 27.9 Å². The standard InChI is InChI=1S/C13H20Cl2N2O/c1-5-7-16-11-9(14)8-10(15)12(17-11)18-13(3,4)6-2/h8H,5-7H2,1-4H3,(H,16,17). The number of hydrogen-bond donors (Lipinski definition) is 1. The molecule has 0 atom stereocenters. The molecule has 0 aliphatic rings. The van der Waals surface area contributed by atoms with Gasteiger partial charge in [0, 0.05) is 6.54 Å². The summed E-state index contributed by atoms with van der Waals surface area (Å²) in [5, 5.41) is 4.10. The molecule has 1 rings (SSSR count). The summed E-state index contributed by atoms with van der Waals surface area (Å²) in [5.41, 5.74) is -0.299. The predicted molar refractivity (Wildman–Crippen MR) is 78.0 cm³/mol. The molecule has 1 N–H and O–H groups in total. The predicted octanol–water partition coefficient (Wildman–Crippen LogP) is 4.78. The number of nitrogens with zero attached hydrogens (tertiary/aromatic N) is 1. The van der Waals surface area contributed by atoms with Gasteiger partial charge in [-0.2, -0.15) is 4.98 Å². The van der Waals surface area contributed by atoms with E-state index in [1.807, 2.05) is 13.8 Å². The zero-order valence-corrected chi connectivity index (χ0v) is 12.8. The van der Waals surface area contributed by atoms with E-state index in [0.29, 0.717) is 21.7 Å². The SMILES string of the molecule is CCCNc1nc(OC(C)(C)CC)c(Cl)cc1Cl. The Hall–Kier alpha value is -0.670. The fourth-order valence-corrected chi connectivity index (χ4v) is 1.69. The first-order valence-corrected chi connectivity index (χ1v) is 6.94. The van der Waals surface area contributed by atoms with Crippen molar-refractivity contribution < 1.29 is 4.74 Å². The molecule has 0 amide bonds. The van der Waals surface area contributed by atoms with Crippen LogP contribution in [0.25, 0.3) is 0 Å². The summed E-state index contributed by atoms with van der Waals surface area (Å²) >= 11 is 12.2. The second-order valence-corrected chi connectivity index (χ2v) is 5.56. The summed E-state index contributed by atoms with van der Waals surface area (Å²) in [6, 6.07) is 1.66. The lowest BCUT2D eigenvalue weighted by atomic mass is 10.1. The van der Waals surface area contributed by atoms with Crippen LogP contribution >= 0.6 is 23.2 Å². The van der Waals surface area contributed by atoms with Crippen molar-refractivity contribution in [2.45, 2.75) is 46.1 Å². The van der Waals surface area contributed by atoms with Crippen LogP contribution < -0.4 is 10.1 Å². The number of anilines is 1. The first kappa shape index (κ1) is 15.4. The van der Waals surface area contributed by atoms with Crippen LogP contribution in [-0.2, 0) is 0 Å². The minimum atomic E-state index is -0.299. The van der Waals surface area contributed by atoms with E-state index in [0.717, 1.165) is 19.4 Å². The molecule has 1 heterocycles. The van der Waals surface area contributed by atoms with Gasteiger partial charge in [-0.05, 0) is 32.8 Å². The van der Waals surface area contributed by atoms with E-state index in [2.05, 4.69) is 24.1 Å². The van der Waals surface area contributed by atoms with Crippen LogP contribution in [0, 0.1) is 0 Å². The summed E-state index contributed by atoms with van der Waals surface area (Å²) in [5.74, 6) is 1.04. The zero-order valence-electron chi connectivity index (χ0n) is 11.3. The van der Waals surface area contributed by atoms with Gasteiger partial charge in [-0.1, -0.05) is 37.0 Å². The molecule has 0 bridgehead atoms. The average Bonchev–Trinajstić information content (AvgIpc) is 2.31. The van der Waals surface area contributed by atoms with Gasteiger partial charge in [0.25, 0.3) is 0 Å². The third-order valence-electron chi connectivity index (χ3n) is 2.66. The van der Waals surface area contributed by atoms with Crippen molar-refractivity contribution >= 4 is 29.0 Å². The average molecular weight is 291 g/mol. The van der Waals surface area contributed by atoms with Crippen LogP contribution in [0.1, 0.15) is 40.5 Å². The number of hydrogen-bond acceptors (Lipinski definition) is 3. The third kappa shape index (κ3) is 4.21. The van der Waals surface area contributed by atoms with E-state index in [-0.39, 0.29) is 5.60 Å². The number of nitrogens with one attached hydrogen (secondary N) is 1. The maximum absolute atomic E-state index is 6.10. The highest BCUT2D eigenvalue weighted by molar-refractivity contribution is 6.36. The van der Waals surface area contributed by atoms with Gasteiger partial charge in [0.15, 0.2) is 0 Å². The highest BCUT2D eigenvalue weighted by Gasteiger charge is 2.20. The molecule has 0 aliphatic heterocycles. The van der Waals surface area contributed by atoms with Crippen molar-refractivity contribution in [3.05, 3.63) is 16.1 Å². The van der Waals surface area contributed by atoms with Crippen molar-refractivity contribution in [1.29, 1.82) is 0 Å². The fraction of sp³-hybridized carbons (Fsp3) is 0.615. The summed E-state index contributed by atoms with van der Waals surface area (Å²) in [4.78, 5) is 4.35. The van der Waals surface area contributed by atoms with Gasteiger partial charge < -0.3 is 10.1 Å². The van der Waals surface area contributed by atoms with E-state index in [9.17, 15) is 0 Å². The van der Waals surface area contributed by atoms with Gasteiger partial charge in [0.05, 0.1) is 5.02 Å². The highest BCUT2D eigenvalue weighted by Crippen LogP contribution is 2.33. The number of rotatable bonds is 6. The molecular formula is C13H20Cl2N2O. The van der Waals surface area contributed by atoms with Crippen LogP contribution in [0.15, 0.2) is 6.07 Å². The van der Waals surface area contributed by atoms with Gasteiger partial charge in [-0.3, -0.25) is 0 Å². The normalized spacial score (nSPS) is 11.4. The molecular weight excluding hydrogens is 271 g/mol. The Morgan fingerprint density at radius 1 is 1.28 bits per heavy atom.